The van der Waals surface area contributed by atoms with Gasteiger partial charge in [-0.25, -0.2) is 17.8 Å². The lowest BCUT2D eigenvalue weighted by atomic mass is 9.78. The van der Waals surface area contributed by atoms with Gasteiger partial charge < -0.3 is 44.7 Å². The molecular formula is C39H59BrFN3O11S. The molecule has 3 heterocycles. The highest BCUT2D eigenvalue weighted by atomic mass is 79.9. The minimum atomic E-state index is -4.22. The van der Waals surface area contributed by atoms with Crippen LogP contribution in [0.15, 0.2) is 52.1 Å². The summed E-state index contributed by atoms with van der Waals surface area (Å²) >= 11 is 3.29. The summed E-state index contributed by atoms with van der Waals surface area (Å²) in [4.78, 5) is 17.7. The van der Waals surface area contributed by atoms with E-state index in [-0.39, 0.29) is 36.0 Å². The van der Waals surface area contributed by atoms with Gasteiger partial charge in [-0.05, 0) is 119 Å². The first-order chi connectivity index (χ1) is 26.0. The van der Waals surface area contributed by atoms with E-state index in [1.807, 2.05) is 6.92 Å². The summed E-state index contributed by atoms with van der Waals surface area (Å²) in [5.41, 5.74) is -3.56. The molecule has 14 nitrogen and oxygen atoms in total. The van der Waals surface area contributed by atoms with Crippen LogP contribution in [0.5, 0.6) is 5.75 Å². The predicted octanol–water partition coefficient (Wildman–Crippen LogP) is 3.78. The molecule has 1 aromatic carbocycles. The van der Waals surface area contributed by atoms with Gasteiger partial charge in [-0.1, -0.05) is 20.8 Å². The van der Waals surface area contributed by atoms with E-state index < -0.39 is 99.8 Å². The number of sulfonamides is 1. The lowest BCUT2D eigenvalue weighted by Crippen LogP contribution is -2.61. The molecule has 2 saturated heterocycles. The van der Waals surface area contributed by atoms with Gasteiger partial charge in [-0.15, -0.1) is 0 Å². The van der Waals surface area contributed by atoms with Crippen molar-refractivity contribution in [2.45, 2.75) is 146 Å². The molecule has 0 unspecified atom stereocenters. The van der Waals surface area contributed by atoms with Gasteiger partial charge in [-0.2, -0.15) is 4.31 Å². The summed E-state index contributed by atoms with van der Waals surface area (Å²) in [6, 6.07) is 6.50. The Kier molecular flexibility index (Phi) is 15.5. The second kappa shape index (κ2) is 18.7. The number of carbonyl (C=O) groups is 1. The van der Waals surface area contributed by atoms with Crippen LogP contribution in [0.2, 0.25) is 0 Å². The molecule has 0 amide bonds. The second-order valence-electron chi connectivity index (χ2n) is 16.1. The first kappa shape index (κ1) is 46.4. The number of pyridine rings is 1. The van der Waals surface area contributed by atoms with Crippen LogP contribution >= 0.6 is 15.9 Å². The van der Waals surface area contributed by atoms with Gasteiger partial charge in [0.05, 0.1) is 35.9 Å². The molecule has 0 saturated carbocycles. The second-order valence-corrected chi connectivity index (χ2v) is 18.9. The fraction of sp³-hybridized carbons (Fsp3) is 0.692. The van der Waals surface area contributed by atoms with Crippen LogP contribution in [-0.2, 0) is 29.0 Å². The molecule has 0 aliphatic carbocycles. The summed E-state index contributed by atoms with van der Waals surface area (Å²) in [6.07, 6.45) is -6.59. The number of ether oxygens (including phenoxy) is 4. The Balaban J connectivity index is 1.78. The van der Waals surface area contributed by atoms with Crippen LogP contribution in [0, 0.1) is 23.6 Å². The van der Waals surface area contributed by atoms with Crippen molar-refractivity contribution in [2.24, 2.45) is 17.8 Å². The van der Waals surface area contributed by atoms with E-state index in [1.165, 1.54) is 57.4 Å². The van der Waals surface area contributed by atoms with Crippen molar-refractivity contribution in [2.75, 3.05) is 13.6 Å². The van der Waals surface area contributed by atoms with E-state index >= 15 is 0 Å². The Bertz CT molecular complexity index is 1700. The normalized spacial score (nSPS) is 38.3. The van der Waals surface area contributed by atoms with Gasteiger partial charge >= 0.3 is 5.97 Å². The molecule has 17 heteroatoms. The van der Waals surface area contributed by atoms with Crippen molar-refractivity contribution in [3.63, 3.8) is 0 Å². The van der Waals surface area contributed by atoms with Gasteiger partial charge in [-0.3, -0.25) is 4.79 Å². The lowest BCUT2D eigenvalue weighted by Gasteiger charge is -2.47. The summed E-state index contributed by atoms with van der Waals surface area (Å²) in [5.74, 6) is -3.59. The number of aliphatic hydroxyl groups is 4. The van der Waals surface area contributed by atoms with Crippen LogP contribution in [0.3, 0.4) is 0 Å². The maximum absolute atomic E-state index is 14.0. The molecule has 2 fully saturated rings. The SMILES string of the molecule is CC[C@H]1OC(=O)[C@H](C)[C@@H](O)[C@H](C)[C@@H](O[C@@H]2O[C@H](C)C[C@H](N(C)S(=O)(=O)c3ccc(Br)cn3)[C@H]2Oc2ccc(F)cc2)[C@](C)(O)C[C@@H](C)CN[C@H](C)[C@@H](O)[C@]1(C)O. The monoisotopic (exact) mass is 875 g/mol. The van der Waals surface area contributed by atoms with Gasteiger partial charge in [0, 0.05) is 29.7 Å². The van der Waals surface area contributed by atoms with Gasteiger partial charge in [0.2, 0.25) is 0 Å². The smallest absolute Gasteiger partial charge is 0.311 e. The van der Waals surface area contributed by atoms with Crippen LogP contribution in [0.4, 0.5) is 4.39 Å². The van der Waals surface area contributed by atoms with E-state index in [2.05, 4.69) is 26.2 Å². The highest BCUT2D eigenvalue weighted by Gasteiger charge is 2.51. The van der Waals surface area contributed by atoms with Gasteiger partial charge in [0.15, 0.2) is 17.4 Å². The zero-order valence-electron chi connectivity index (χ0n) is 33.5. The number of halogens is 2. The van der Waals surface area contributed by atoms with Crippen molar-refractivity contribution >= 4 is 31.9 Å². The summed E-state index contributed by atoms with van der Waals surface area (Å²) in [6.45, 7) is 13.3. The van der Waals surface area contributed by atoms with E-state index in [4.69, 9.17) is 18.9 Å². The minimum Gasteiger partial charge on any atom is -0.483 e. The van der Waals surface area contributed by atoms with Crippen molar-refractivity contribution in [3.8, 4) is 5.75 Å². The molecule has 1 aromatic heterocycles. The summed E-state index contributed by atoms with van der Waals surface area (Å²) in [5, 5.41) is 49.7. The molecular weight excluding hydrogens is 817 g/mol. The zero-order valence-corrected chi connectivity index (χ0v) is 35.9. The van der Waals surface area contributed by atoms with E-state index in [9.17, 15) is 38.0 Å². The quantitative estimate of drug-likeness (QED) is 0.241. The number of esters is 1. The third kappa shape index (κ3) is 10.6. The molecule has 56 heavy (non-hydrogen) atoms. The predicted molar refractivity (Wildman–Crippen MR) is 208 cm³/mol. The molecule has 316 valence electrons. The highest BCUT2D eigenvalue weighted by molar-refractivity contribution is 9.10. The number of hydrogen-bond acceptors (Lipinski definition) is 13. The zero-order chi connectivity index (χ0) is 41.9. The number of cyclic esters (lactones) is 1. The molecule has 2 aliphatic heterocycles. The third-order valence-electron chi connectivity index (χ3n) is 11.2. The Morgan fingerprint density at radius 1 is 1.07 bits per heavy atom. The Morgan fingerprint density at radius 2 is 1.71 bits per heavy atom. The van der Waals surface area contributed by atoms with Crippen molar-refractivity contribution in [1.29, 1.82) is 0 Å². The number of rotatable bonds is 8. The molecule has 2 aromatic rings. The molecule has 2 aliphatic rings. The van der Waals surface area contributed by atoms with E-state index in [0.717, 1.165) is 4.31 Å². The standard InChI is InChI=1S/C39H59BrFN3O11S/c1-10-30-39(8,49)34(46)25(6)42-19-21(2)18-38(7,48)35(23(4)32(45)24(5)36(47)54-30)55-37-33(53-28-14-12-27(41)13-15-28)29(17-22(3)52-37)44(9)56(50,51)31-16-11-26(40)20-43-31/h11-16,20-25,29-30,32-35,37,42,45-46,48-49H,10,17-19H2,1-9H3/t21-,22-,23+,24-,25-,29+,30-,32+,33-,34-,35-,37+,38-,39-/m1/s1. The molecule has 0 spiro atoms. The highest BCUT2D eigenvalue weighted by Crippen LogP contribution is 2.38. The largest absolute Gasteiger partial charge is 0.483 e. The maximum Gasteiger partial charge on any atom is 0.311 e. The number of carbonyl (C=O) groups excluding carboxylic acids is 1. The fourth-order valence-electron chi connectivity index (χ4n) is 7.84. The molecule has 0 radical (unpaired) electrons. The first-order valence-corrected chi connectivity index (χ1v) is 21.3. The Morgan fingerprint density at radius 3 is 2.30 bits per heavy atom. The average molecular weight is 877 g/mol. The topological polar surface area (TPSA) is 197 Å². The Labute approximate surface area is 338 Å². The number of benzene rings is 1. The van der Waals surface area contributed by atoms with Gasteiger partial charge in [0.25, 0.3) is 10.0 Å². The van der Waals surface area contributed by atoms with Crippen molar-refractivity contribution in [3.05, 3.63) is 52.9 Å². The number of nitrogens with zero attached hydrogens (tertiary/aromatic N) is 2. The summed E-state index contributed by atoms with van der Waals surface area (Å²) < 4.78 is 69.0. The number of aromatic nitrogens is 1. The molecule has 4 rings (SSSR count). The van der Waals surface area contributed by atoms with Crippen LogP contribution in [0.25, 0.3) is 0 Å². The van der Waals surface area contributed by atoms with E-state index in [1.54, 1.807) is 40.7 Å². The molecule has 5 N–H and O–H groups in total. The average Bonchev–Trinajstić information content (AvgIpc) is 3.14. The van der Waals surface area contributed by atoms with Gasteiger partial charge in [0.1, 0.15) is 29.4 Å². The third-order valence-corrected chi connectivity index (χ3v) is 13.4. The van der Waals surface area contributed by atoms with Crippen LogP contribution < -0.4 is 10.1 Å². The molecule has 0 bridgehead atoms. The maximum atomic E-state index is 14.0. The van der Waals surface area contributed by atoms with Crippen LogP contribution in [-0.4, -0.2) is 124 Å². The number of likely N-dealkylation sites (N-methyl/N-ethyl adjacent to an activating group) is 1. The van der Waals surface area contributed by atoms with Crippen LogP contribution in [0.1, 0.15) is 74.7 Å². The lowest BCUT2D eigenvalue weighted by molar-refractivity contribution is -0.293. The first-order valence-electron chi connectivity index (χ1n) is 19.1. The Hall–Kier alpha value is -2.32. The van der Waals surface area contributed by atoms with E-state index in [0.29, 0.717) is 11.0 Å². The number of hydrogen-bond donors (Lipinski definition) is 5. The fourth-order valence-corrected chi connectivity index (χ4v) is 9.35. The summed E-state index contributed by atoms with van der Waals surface area (Å²) in [7, 11) is -2.83. The van der Waals surface area contributed by atoms with Crippen molar-refractivity contribution < 1.29 is 57.0 Å². The number of aliphatic hydroxyl groups excluding tert-OH is 2. The molecule has 14 atom stereocenters. The number of nitrogens with one attached hydrogen (secondary N) is 1. The van der Waals surface area contributed by atoms with Crippen molar-refractivity contribution in [1.82, 2.24) is 14.6 Å². The minimum absolute atomic E-state index is 0.0933.